The van der Waals surface area contributed by atoms with Gasteiger partial charge in [-0.1, -0.05) is 42.5 Å². The summed E-state index contributed by atoms with van der Waals surface area (Å²) in [7, 11) is 2.05. The number of benzene rings is 2. The van der Waals surface area contributed by atoms with Gasteiger partial charge in [0.2, 0.25) is 5.91 Å². The molecule has 0 atom stereocenters. The number of aromatic nitrogens is 1. The van der Waals surface area contributed by atoms with E-state index < -0.39 is 0 Å². The quantitative estimate of drug-likeness (QED) is 0.727. The number of fused-ring (bicyclic) bond motifs is 1. The lowest BCUT2D eigenvalue weighted by Gasteiger charge is -2.32. The zero-order chi connectivity index (χ0) is 20.2. The Labute approximate surface area is 170 Å². The van der Waals surface area contributed by atoms with Gasteiger partial charge in [0.05, 0.1) is 17.6 Å². The molecule has 150 valence electrons. The zero-order valence-corrected chi connectivity index (χ0v) is 16.7. The number of nitrogens with one attached hydrogen (secondary N) is 1. The number of carbonyl (C=O) groups is 2. The Hall–Kier alpha value is -3.12. The molecule has 2 amide bonds. The van der Waals surface area contributed by atoms with Crippen molar-refractivity contribution in [3.63, 3.8) is 0 Å². The van der Waals surface area contributed by atoms with Crippen LogP contribution in [0.3, 0.4) is 0 Å². The van der Waals surface area contributed by atoms with Gasteiger partial charge in [-0.05, 0) is 24.7 Å². The van der Waals surface area contributed by atoms with Crippen molar-refractivity contribution in [1.29, 1.82) is 0 Å². The van der Waals surface area contributed by atoms with E-state index in [1.807, 2.05) is 53.6 Å². The molecular formula is C23H26N4O2. The predicted octanol–water partition coefficient (Wildman–Crippen LogP) is 2.19. The number of rotatable bonds is 5. The number of para-hydroxylation sites is 1. The maximum atomic E-state index is 12.9. The molecule has 1 saturated heterocycles. The molecule has 4 rings (SSSR count). The van der Waals surface area contributed by atoms with Gasteiger partial charge in [-0.3, -0.25) is 9.59 Å². The monoisotopic (exact) mass is 390 g/mol. The molecule has 0 aliphatic carbocycles. The molecule has 0 bridgehead atoms. The summed E-state index contributed by atoms with van der Waals surface area (Å²) in [4.78, 5) is 29.4. The Kier molecular flexibility index (Phi) is 5.62. The van der Waals surface area contributed by atoms with E-state index in [9.17, 15) is 9.59 Å². The molecule has 3 aromatic rings. The largest absolute Gasteiger partial charge is 0.343 e. The van der Waals surface area contributed by atoms with Crippen LogP contribution in [0.5, 0.6) is 0 Å². The summed E-state index contributed by atoms with van der Waals surface area (Å²) in [6.45, 7) is 3.87. The van der Waals surface area contributed by atoms with Crippen molar-refractivity contribution in [2.75, 3.05) is 39.8 Å². The molecule has 0 spiro atoms. The fourth-order valence-electron chi connectivity index (χ4n) is 3.78. The molecule has 0 radical (unpaired) electrons. The number of hydrogen-bond donors (Lipinski definition) is 1. The Morgan fingerprint density at radius 3 is 2.45 bits per heavy atom. The summed E-state index contributed by atoms with van der Waals surface area (Å²) in [6.07, 6.45) is 2.00. The molecule has 1 N–H and O–H groups in total. The number of nitrogens with zero attached hydrogens (tertiary/aromatic N) is 3. The minimum Gasteiger partial charge on any atom is -0.343 e. The van der Waals surface area contributed by atoms with Gasteiger partial charge in [0.25, 0.3) is 5.91 Å². The maximum absolute atomic E-state index is 12.9. The fourth-order valence-corrected chi connectivity index (χ4v) is 3.78. The first-order valence-corrected chi connectivity index (χ1v) is 9.98. The molecule has 6 nitrogen and oxygen atoms in total. The molecule has 1 aromatic heterocycles. The summed E-state index contributed by atoms with van der Waals surface area (Å²) in [5.74, 6) is -0.246. The van der Waals surface area contributed by atoms with Gasteiger partial charge in [-0.2, -0.15) is 0 Å². The van der Waals surface area contributed by atoms with E-state index in [0.717, 1.165) is 24.0 Å². The van der Waals surface area contributed by atoms with Crippen LogP contribution >= 0.6 is 0 Å². The first-order valence-electron chi connectivity index (χ1n) is 9.98. The fraction of sp³-hybridized carbons (Fsp3) is 0.304. The standard InChI is InChI=1S/C23H26N4O2/c1-25-12-14-26(15-13-25)21(28)16-24-23(29)20-9-5-8-19-10-11-27(22(19)20)17-18-6-3-2-4-7-18/h2-11H,12-17H2,1H3,(H,24,29). The highest BCUT2D eigenvalue weighted by Crippen LogP contribution is 2.21. The summed E-state index contributed by atoms with van der Waals surface area (Å²) in [5.41, 5.74) is 2.65. The van der Waals surface area contributed by atoms with Gasteiger partial charge >= 0.3 is 0 Å². The van der Waals surface area contributed by atoms with Gasteiger partial charge in [0, 0.05) is 44.3 Å². The first kappa shape index (κ1) is 19.2. The van der Waals surface area contributed by atoms with Gasteiger partial charge in [0.1, 0.15) is 0 Å². The third kappa shape index (κ3) is 4.32. The molecule has 0 saturated carbocycles. The van der Waals surface area contributed by atoms with Crippen LogP contribution in [-0.2, 0) is 11.3 Å². The Morgan fingerprint density at radius 2 is 1.69 bits per heavy atom. The van der Waals surface area contributed by atoms with E-state index in [1.54, 1.807) is 0 Å². The van der Waals surface area contributed by atoms with E-state index in [1.165, 1.54) is 5.56 Å². The zero-order valence-electron chi connectivity index (χ0n) is 16.7. The second-order valence-corrected chi connectivity index (χ2v) is 7.54. The first-order chi connectivity index (χ1) is 14.1. The lowest BCUT2D eigenvalue weighted by atomic mass is 10.1. The SMILES string of the molecule is CN1CCN(C(=O)CNC(=O)c2cccc3ccn(Cc4ccccc4)c23)CC1. The average molecular weight is 390 g/mol. The van der Waals surface area contributed by atoms with Crippen molar-refractivity contribution in [2.45, 2.75) is 6.54 Å². The van der Waals surface area contributed by atoms with E-state index in [-0.39, 0.29) is 18.4 Å². The van der Waals surface area contributed by atoms with Gasteiger partial charge in [-0.25, -0.2) is 0 Å². The minimum atomic E-state index is -0.217. The van der Waals surface area contributed by atoms with Crippen LogP contribution in [0.4, 0.5) is 0 Å². The van der Waals surface area contributed by atoms with Crippen molar-refractivity contribution in [2.24, 2.45) is 0 Å². The molecule has 1 aliphatic heterocycles. The van der Waals surface area contributed by atoms with Crippen LogP contribution in [-0.4, -0.2) is 66.0 Å². The Balaban J connectivity index is 1.49. The lowest BCUT2D eigenvalue weighted by Crippen LogP contribution is -2.50. The molecule has 0 unspecified atom stereocenters. The van der Waals surface area contributed by atoms with Crippen LogP contribution in [0.1, 0.15) is 15.9 Å². The number of piperazine rings is 1. The molecule has 1 aliphatic rings. The summed E-state index contributed by atoms with van der Waals surface area (Å²) in [6, 6.07) is 17.9. The number of carbonyl (C=O) groups excluding carboxylic acids is 2. The van der Waals surface area contributed by atoms with Crippen molar-refractivity contribution >= 4 is 22.7 Å². The van der Waals surface area contributed by atoms with E-state index in [2.05, 4.69) is 34.0 Å². The van der Waals surface area contributed by atoms with Crippen molar-refractivity contribution < 1.29 is 9.59 Å². The third-order valence-electron chi connectivity index (χ3n) is 5.49. The minimum absolute atomic E-state index is 0.0261. The van der Waals surface area contributed by atoms with E-state index in [4.69, 9.17) is 0 Å². The molecule has 1 fully saturated rings. The second-order valence-electron chi connectivity index (χ2n) is 7.54. The molecule has 2 aromatic carbocycles. The van der Waals surface area contributed by atoms with Crippen molar-refractivity contribution in [1.82, 2.24) is 19.7 Å². The highest BCUT2D eigenvalue weighted by atomic mass is 16.2. The molecule has 6 heteroatoms. The van der Waals surface area contributed by atoms with Gasteiger partial charge in [0.15, 0.2) is 0 Å². The number of hydrogen-bond acceptors (Lipinski definition) is 3. The molecular weight excluding hydrogens is 364 g/mol. The number of amides is 2. The molecule has 29 heavy (non-hydrogen) atoms. The lowest BCUT2D eigenvalue weighted by molar-refractivity contribution is -0.131. The Bertz CT molecular complexity index is 1000. The highest BCUT2D eigenvalue weighted by molar-refractivity contribution is 6.06. The van der Waals surface area contributed by atoms with Crippen LogP contribution < -0.4 is 5.32 Å². The van der Waals surface area contributed by atoms with Crippen LogP contribution in [0.15, 0.2) is 60.8 Å². The summed E-state index contributed by atoms with van der Waals surface area (Å²) in [5, 5.41) is 3.84. The number of likely N-dealkylation sites (N-methyl/N-ethyl adjacent to an activating group) is 1. The summed E-state index contributed by atoms with van der Waals surface area (Å²) >= 11 is 0. The topological polar surface area (TPSA) is 57.6 Å². The second kappa shape index (κ2) is 8.49. The van der Waals surface area contributed by atoms with Crippen molar-refractivity contribution in [3.05, 3.63) is 71.9 Å². The Morgan fingerprint density at radius 1 is 0.931 bits per heavy atom. The maximum Gasteiger partial charge on any atom is 0.253 e. The molecule has 2 heterocycles. The third-order valence-corrected chi connectivity index (χ3v) is 5.49. The van der Waals surface area contributed by atoms with E-state index in [0.29, 0.717) is 25.2 Å². The highest BCUT2D eigenvalue weighted by Gasteiger charge is 2.20. The van der Waals surface area contributed by atoms with Crippen molar-refractivity contribution in [3.8, 4) is 0 Å². The van der Waals surface area contributed by atoms with Crippen LogP contribution in [0.2, 0.25) is 0 Å². The average Bonchev–Trinajstić information content (AvgIpc) is 3.16. The predicted molar refractivity (Wildman–Crippen MR) is 114 cm³/mol. The van der Waals surface area contributed by atoms with Gasteiger partial charge < -0.3 is 19.7 Å². The van der Waals surface area contributed by atoms with Gasteiger partial charge in [-0.15, -0.1) is 0 Å². The normalized spacial score (nSPS) is 14.9. The van der Waals surface area contributed by atoms with Crippen LogP contribution in [0.25, 0.3) is 10.9 Å². The summed E-state index contributed by atoms with van der Waals surface area (Å²) < 4.78 is 2.09. The van der Waals surface area contributed by atoms with E-state index >= 15 is 0 Å². The van der Waals surface area contributed by atoms with Crippen LogP contribution in [0, 0.1) is 0 Å². The smallest absolute Gasteiger partial charge is 0.253 e.